The summed E-state index contributed by atoms with van der Waals surface area (Å²) < 4.78 is 0. The van der Waals surface area contributed by atoms with E-state index in [-0.39, 0.29) is 0 Å². The summed E-state index contributed by atoms with van der Waals surface area (Å²) in [4.78, 5) is 8.81. The van der Waals surface area contributed by atoms with Crippen molar-refractivity contribution in [2.75, 3.05) is 5.32 Å². The van der Waals surface area contributed by atoms with Crippen LogP contribution in [0.4, 0.5) is 5.82 Å². The van der Waals surface area contributed by atoms with Crippen molar-refractivity contribution in [2.24, 2.45) is 5.92 Å². The highest BCUT2D eigenvalue weighted by Gasteiger charge is 2.11. The van der Waals surface area contributed by atoms with Crippen molar-refractivity contribution in [3.63, 3.8) is 0 Å². The zero-order valence-electron chi connectivity index (χ0n) is 11.0. The van der Waals surface area contributed by atoms with Crippen LogP contribution in [0.25, 0.3) is 0 Å². The number of hydrogen-bond acceptors (Lipinski definition) is 3. The summed E-state index contributed by atoms with van der Waals surface area (Å²) in [5.41, 5.74) is 1.11. The van der Waals surface area contributed by atoms with Crippen LogP contribution in [-0.2, 0) is 6.42 Å². The lowest BCUT2D eigenvalue weighted by Gasteiger charge is -2.21. The standard InChI is InChI=1S/C13H23N3/c1-6-11-8-13(15-10(5)14-11)16-12(7-2)9(3)4/h8-9,12H,6-7H2,1-5H3,(H,14,15,16). The van der Waals surface area contributed by atoms with Gasteiger partial charge in [-0.1, -0.05) is 27.7 Å². The molecule has 3 heteroatoms. The number of nitrogens with zero attached hydrogens (tertiary/aromatic N) is 2. The lowest BCUT2D eigenvalue weighted by atomic mass is 10.0. The normalized spacial score (nSPS) is 12.9. The molecule has 1 heterocycles. The highest BCUT2D eigenvalue weighted by atomic mass is 15.0. The molecule has 0 amide bonds. The number of aromatic nitrogens is 2. The molecule has 0 aliphatic carbocycles. The number of rotatable bonds is 5. The fourth-order valence-electron chi connectivity index (χ4n) is 1.81. The Morgan fingerprint density at radius 2 is 1.94 bits per heavy atom. The maximum atomic E-state index is 4.43. The van der Waals surface area contributed by atoms with E-state index < -0.39 is 0 Å². The first-order chi connectivity index (χ1) is 7.56. The summed E-state index contributed by atoms with van der Waals surface area (Å²) in [6.07, 6.45) is 2.07. The van der Waals surface area contributed by atoms with E-state index in [1.807, 2.05) is 6.92 Å². The van der Waals surface area contributed by atoms with Crippen LogP contribution in [0, 0.1) is 12.8 Å². The molecule has 90 valence electrons. The number of nitrogens with one attached hydrogen (secondary N) is 1. The van der Waals surface area contributed by atoms with Gasteiger partial charge in [-0.25, -0.2) is 9.97 Å². The van der Waals surface area contributed by atoms with Gasteiger partial charge >= 0.3 is 0 Å². The summed E-state index contributed by atoms with van der Waals surface area (Å²) in [6, 6.07) is 2.54. The average molecular weight is 221 g/mol. The molecule has 1 atom stereocenters. The van der Waals surface area contributed by atoms with Gasteiger partial charge in [-0.15, -0.1) is 0 Å². The van der Waals surface area contributed by atoms with Crippen molar-refractivity contribution in [3.8, 4) is 0 Å². The van der Waals surface area contributed by atoms with E-state index >= 15 is 0 Å². The molecule has 0 aliphatic rings. The Morgan fingerprint density at radius 1 is 1.25 bits per heavy atom. The van der Waals surface area contributed by atoms with Crippen LogP contribution in [0.1, 0.15) is 45.6 Å². The van der Waals surface area contributed by atoms with Gasteiger partial charge < -0.3 is 5.32 Å². The van der Waals surface area contributed by atoms with Crippen LogP contribution in [0.15, 0.2) is 6.07 Å². The molecular weight excluding hydrogens is 198 g/mol. The molecule has 0 saturated heterocycles. The monoisotopic (exact) mass is 221 g/mol. The smallest absolute Gasteiger partial charge is 0.130 e. The van der Waals surface area contributed by atoms with Gasteiger partial charge in [0.2, 0.25) is 0 Å². The quantitative estimate of drug-likeness (QED) is 0.829. The lowest BCUT2D eigenvalue weighted by molar-refractivity contribution is 0.509. The van der Waals surface area contributed by atoms with E-state index in [4.69, 9.17) is 0 Å². The van der Waals surface area contributed by atoms with Gasteiger partial charge in [-0.2, -0.15) is 0 Å². The van der Waals surface area contributed by atoms with Gasteiger partial charge in [0.1, 0.15) is 11.6 Å². The molecule has 1 aromatic rings. The van der Waals surface area contributed by atoms with Gasteiger partial charge in [0.25, 0.3) is 0 Å². The molecular formula is C13H23N3. The van der Waals surface area contributed by atoms with E-state index in [1.165, 1.54) is 0 Å². The van der Waals surface area contributed by atoms with E-state index in [0.29, 0.717) is 12.0 Å². The third-order valence-corrected chi connectivity index (χ3v) is 2.83. The highest BCUT2D eigenvalue weighted by molar-refractivity contribution is 5.37. The molecule has 0 aliphatic heterocycles. The molecule has 1 unspecified atom stereocenters. The molecule has 0 aromatic carbocycles. The topological polar surface area (TPSA) is 37.8 Å². The largest absolute Gasteiger partial charge is 0.367 e. The Labute approximate surface area is 98.7 Å². The first kappa shape index (κ1) is 12.9. The third kappa shape index (κ3) is 3.47. The number of hydrogen-bond donors (Lipinski definition) is 1. The van der Waals surface area contributed by atoms with Crippen LogP contribution >= 0.6 is 0 Å². The second-order valence-electron chi connectivity index (χ2n) is 4.55. The van der Waals surface area contributed by atoms with Gasteiger partial charge in [0.05, 0.1) is 0 Å². The Kier molecular flexibility index (Phi) is 4.71. The third-order valence-electron chi connectivity index (χ3n) is 2.83. The summed E-state index contributed by atoms with van der Waals surface area (Å²) in [6.45, 7) is 10.7. The Morgan fingerprint density at radius 3 is 2.44 bits per heavy atom. The van der Waals surface area contributed by atoms with Crippen molar-refractivity contribution in [1.29, 1.82) is 0 Å². The minimum atomic E-state index is 0.485. The maximum Gasteiger partial charge on any atom is 0.130 e. The fourth-order valence-corrected chi connectivity index (χ4v) is 1.81. The SMILES string of the molecule is CCc1cc(NC(CC)C(C)C)nc(C)n1. The van der Waals surface area contributed by atoms with E-state index in [2.05, 4.69) is 49.0 Å². The summed E-state index contributed by atoms with van der Waals surface area (Å²) in [5.74, 6) is 2.43. The van der Waals surface area contributed by atoms with Crippen LogP contribution in [-0.4, -0.2) is 16.0 Å². The minimum absolute atomic E-state index is 0.485. The predicted octanol–water partition coefficient (Wildman–Crippen LogP) is 3.19. The van der Waals surface area contributed by atoms with Crippen LogP contribution < -0.4 is 5.32 Å². The molecule has 1 rings (SSSR count). The van der Waals surface area contributed by atoms with Gasteiger partial charge in [0.15, 0.2) is 0 Å². The molecule has 0 fully saturated rings. The second-order valence-corrected chi connectivity index (χ2v) is 4.55. The zero-order valence-corrected chi connectivity index (χ0v) is 11.0. The van der Waals surface area contributed by atoms with Crippen molar-refractivity contribution < 1.29 is 0 Å². The summed E-state index contributed by atoms with van der Waals surface area (Å²) >= 11 is 0. The first-order valence-corrected chi connectivity index (χ1v) is 6.17. The minimum Gasteiger partial charge on any atom is -0.367 e. The molecule has 16 heavy (non-hydrogen) atoms. The molecule has 0 radical (unpaired) electrons. The molecule has 1 aromatic heterocycles. The zero-order chi connectivity index (χ0) is 12.1. The molecule has 3 nitrogen and oxygen atoms in total. The summed E-state index contributed by atoms with van der Waals surface area (Å²) in [5, 5.41) is 3.49. The van der Waals surface area contributed by atoms with E-state index in [9.17, 15) is 0 Å². The van der Waals surface area contributed by atoms with Crippen molar-refractivity contribution in [2.45, 2.75) is 53.5 Å². The van der Waals surface area contributed by atoms with Crippen LogP contribution in [0.2, 0.25) is 0 Å². The molecule has 0 bridgehead atoms. The van der Waals surface area contributed by atoms with Crippen molar-refractivity contribution >= 4 is 5.82 Å². The van der Waals surface area contributed by atoms with Crippen LogP contribution in [0.3, 0.4) is 0 Å². The van der Waals surface area contributed by atoms with Crippen LogP contribution in [0.5, 0.6) is 0 Å². The van der Waals surface area contributed by atoms with E-state index in [1.54, 1.807) is 0 Å². The Hall–Kier alpha value is -1.12. The Balaban J connectivity index is 2.83. The summed E-state index contributed by atoms with van der Waals surface area (Å²) in [7, 11) is 0. The fraction of sp³-hybridized carbons (Fsp3) is 0.692. The first-order valence-electron chi connectivity index (χ1n) is 6.17. The van der Waals surface area contributed by atoms with Crippen molar-refractivity contribution in [1.82, 2.24) is 9.97 Å². The van der Waals surface area contributed by atoms with Crippen molar-refractivity contribution in [3.05, 3.63) is 17.6 Å². The van der Waals surface area contributed by atoms with E-state index in [0.717, 1.165) is 30.2 Å². The molecule has 0 spiro atoms. The second kappa shape index (κ2) is 5.83. The predicted molar refractivity (Wildman–Crippen MR) is 68.7 cm³/mol. The van der Waals surface area contributed by atoms with Gasteiger partial charge in [-0.3, -0.25) is 0 Å². The Bertz CT molecular complexity index is 334. The molecule has 1 N–H and O–H groups in total. The lowest BCUT2D eigenvalue weighted by Crippen LogP contribution is -2.25. The number of aryl methyl sites for hydroxylation is 2. The maximum absolute atomic E-state index is 4.43. The average Bonchev–Trinajstić information content (AvgIpc) is 2.24. The van der Waals surface area contributed by atoms with Gasteiger partial charge in [0, 0.05) is 17.8 Å². The molecule has 0 saturated carbocycles. The number of anilines is 1. The highest BCUT2D eigenvalue weighted by Crippen LogP contribution is 2.14. The van der Waals surface area contributed by atoms with Gasteiger partial charge in [-0.05, 0) is 25.7 Å².